The van der Waals surface area contributed by atoms with Gasteiger partial charge in [-0.15, -0.1) is 0 Å². The lowest BCUT2D eigenvalue weighted by atomic mass is 10.2. The van der Waals surface area contributed by atoms with Crippen molar-refractivity contribution in [3.05, 3.63) is 33.9 Å². The predicted octanol–water partition coefficient (Wildman–Crippen LogP) is 2.07. The van der Waals surface area contributed by atoms with Crippen molar-refractivity contribution in [3.8, 4) is 0 Å². The van der Waals surface area contributed by atoms with Crippen LogP contribution in [0.4, 0.5) is 11.4 Å². The molecule has 0 saturated heterocycles. The van der Waals surface area contributed by atoms with Gasteiger partial charge in [-0.1, -0.05) is 6.07 Å². The Morgan fingerprint density at radius 3 is 2.82 bits per heavy atom. The van der Waals surface area contributed by atoms with Crippen molar-refractivity contribution in [2.75, 3.05) is 18.4 Å². The third-order valence-electron chi connectivity index (χ3n) is 2.80. The summed E-state index contributed by atoms with van der Waals surface area (Å²) in [5.74, 6) is 0. The maximum absolute atomic E-state index is 10.8. The van der Waals surface area contributed by atoms with Gasteiger partial charge in [0.2, 0.25) is 0 Å². The Balaban J connectivity index is 1.92. The smallest absolute Gasteiger partial charge is 0.292 e. The summed E-state index contributed by atoms with van der Waals surface area (Å²) in [7, 11) is 0. The lowest BCUT2D eigenvalue weighted by Gasteiger charge is -2.08. The van der Waals surface area contributed by atoms with Crippen LogP contribution in [0.25, 0.3) is 0 Å². The van der Waals surface area contributed by atoms with Gasteiger partial charge in [0.1, 0.15) is 5.69 Å². The van der Waals surface area contributed by atoms with Crippen molar-refractivity contribution in [3.63, 3.8) is 0 Å². The fourth-order valence-corrected chi connectivity index (χ4v) is 1.71. The Kier molecular flexibility index (Phi) is 3.58. The SMILES string of the molecule is Cc1ccc([N+](=O)[O-])c(NCCNC2CC2)c1. The number of nitro benzene ring substituents is 1. The van der Waals surface area contributed by atoms with Crippen LogP contribution in [0.5, 0.6) is 0 Å². The number of benzene rings is 1. The molecule has 5 nitrogen and oxygen atoms in total. The first kappa shape index (κ1) is 11.9. The van der Waals surface area contributed by atoms with Crippen molar-refractivity contribution in [1.82, 2.24) is 5.32 Å². The van der Waals surface area contributed by atoms with E-state index >= 15 is 0 Å². The zero-order valence-electron chi connectivity index (χ0n) is 9.90. The molecule has 2 rings (SSSR count). The van der Waals surface area contributed by atoms with Crippen LogP contribution in [0.2, 0.25) is 0 Å². The van der Waals surface area contributed by atoms with Crippen LogP contribution in [0.1, 0.15) is 18.4 Å². The fourth-order valence-electron chi connectivity index (χ4n) is 1.71. The van der Waals surface area contributed by atoms with Gasteiger partial charge in [-0.2, -0.15) is 0 Å². The molecule has 0 unspecified atom stereocenters. The fraction of sp³-hybridized carbons (Fsp3) is 0.500. The topological polar surface area (TPSA) is 67.2 Å². The molecule has 0 spiro atoms. The summed E-state index contributed by atoms with van der Waals surface area (Å²) in [6, 6.07) is 5.79. The lowest BCUT2D eigenvalue weighted by molar-refractivity contribution is -0.384. The highest BCUT2D eigenvalue weighted by atomic mass is 16.6. The molecule has 2 N–H and O–H groups in total. The van der Waals surface area contributed by atoms with E-state index in [9.17, 15) is 10.1 Å². The van der Waals surface area contributed by atoms with Crippen LogP contribution in [-0.4, -0.2) is 24.1 Å². The van der Waals surface area contributed by atoms with Crippen molar-refractivity contribution in [2.45, 2.75) is 25.8 Å². The van der Waals surface area contributed by atoms with E-state index in [1.54, 1.807) is 12.1 Å². The first-order valence-corrected chi connectivity index (χ1v) is 5.89. The summed E-state index contributed by atoms with van der Waals surface area (Å²) in [6.45, 7) is 3.48. The highest BCUT2D eigenvalue weighted by Crippen LogP contribution is 2.25. The van der Waals surface area contributed by atoms with Gasteiger partial charge in [-0.25, -0.2) is 0 Å². The van der Waals surface area contributed by atoms with E-state index in [-0.39, 0.29) is 10.6 Å². The largest absolute Gasteiger partial charge is 0.378 e. The van der Waals surface area contributed by atoms with Crippen LogP contribution < -0.4 is 10.6 Å². The van der Waals surface area contributed by atoms with Gasteiger partial charge >= 0.3 is 0 Å². The Bertz CT molecular complexity index is 416. The second kappa shape index (κ2) is 5.14. The Hall–Kier alpha value is -1.62. The molecule has 1 fully saturated rings. The number of rotatable bonds is 6. The molecule has 92 valence electrons. The summed E-state index contributed by atoms with van der Waals surface area (Å²) in [6.07, 6.45) is 2.51. The van der Waals surface area contributed by atoms with Gasteiger partial charge in [0.05, 0.1) is 4.92 Å². The molecule has 1 saturated carbocycles. The molecule has 0 aliphatic heterocycles. The third kappa shape index (κ3) is 3.42. The number of aryl methyl sites for hydroxylation is 1. The zero-order valence-corrected chi connectivity index (χ0v) is 9.90. The van der Waals surface area contributed by atoms with Crippen LogP contribution in [0, 0.1) is 17.0 Å². The second-order valence-electron chi connectivity index (χ2n) is 4.43. The van der Waals surface area contributed by atoms with Crippen LogP contribution >= 0.6 is 0 Å². The van der Waals surface area contributed by atoms with E-state index < -0.39 is 0 Å². The summed E-state index contributed by atoms with van der Waals surface area (Å²) in [5.41, 5.74) is 1.77. The molecule has 0 amide bonds. The third-order valence-corrected chi connectivity index (χ3v) is 2.80. The number of nitro groups is 1. The molecule has 0 radical (unpaired) electrons. The van der Waals surface area contributed by atoms with Crippen molar-refractivity contribution in [2.24, 2.45) is 0 Å². The molecule has 1 aromatic carbocycles. The average molecular weight is 235 g/mol. The lowest BCUT2D eigenvalue weighted by Crippen LogP contribution is -2.24. The van der Waals surface area contributed by atoms with E-state index in [1.165, 1.54) is 12.8 Å². The number of hydrogen-bond donors (Lipinski definition) is 2. The number of anilines is 1. The van der Waals surface area contributed by atoms with Gasteiger partial charge in [0, 0.05) is 25.2 Å². The highest BCUT2D eigenvalue weighted by Gasteiger charge is 2.19. The summed E-state index contributed by atoms with van der Waals surface area (Å²) < 4.78 is 0. The zero-order chi connectivity index (χ0) is 12.3. The van der Waals surface area contributed by atoms with Gasteiger partial charge in [-0.05, 0) is 31.4 Å². The molecule has 5 heteroatoms. The number of nitrogens with zero attached hydrogens (tertiary/aromatic N) is 1. The standard InChI is InChI=1S/C12H17N3O2/c1-9-2-5-12(15(16)17)11(8-9)14-7-6-13-10-3-4-10/h2,5,8,10,13-14H,3-4,6-7H2,1H3. The van der Waals surface area contributed by atoms with Gasteiger partial charge in [0.25, 0.3) is 5.69 Å². The molecule has 1 aliphatic carbocycles. The van der Waals surface area contributed by atoms with Gasteiger partial charge < -0.3 is 10.6 Å². The normalized spacial score (nSPS) is 14.6. The molecule has 17 heavy (non-hydrogen) atoms. The summed E-state index contributed by atoms with van der Waals surface area (Å²) in [5, 5.41) is 17.3. The minimum absolute atomic E-state index is 0.141. The van der Waals surface area contributed by atoms with E-state index in [4.69, 9.17) is 0 Å². The van der Waals surface area contributed by atoms with Crippen molar-refractivity contribution < 1.29 is 4.92 Å². The Morgan fingerprint density at radius 1 is 1.41 bits per heavy atom. The second-order valence-corrected chi connectivity index (χ2v) is 4.43. The molecule has 0 heterocycles. The van der Waals surface area contributed by atoms with E-state index in [1.807, 2.05) is 13.0 Å². The van der Waals surface area contributed by atoms with Crippen molar-refractivity contribution in [1.29, 1.82) is 0 Å². The monoisotopic (exact) mass is 235 g/mol. The molecule has 1 aromatic rings. The summed E-state index contributed by atoms with van der Waals surface area (Å²) in [4.78, 5) is 10.5. The number of nitrogens with one attached hydrogen (secondary N) is 2. The Morgan fingerprint density at radius 2 is 2.18 bits per heavy atom. The molecule has 1 aliphatic rings. The minimum atomic E-state index is -0.351. The van der Waals surface area contributed by atoms with E-state index in [2.05, 4.69) is 10.6 Å². The first-order chi connectivity index (χ1) is 8.16. The molecular formula is C12H17N3O2. The maximum Gasteiger partial charge on any atom is 0.292 e. The van der Waals surface area contributed by atoms with E-state index in [0.29, 0.717) is 18.3 Å². The Labute approximate surface area is 100 Å². The summed E-state index contributed by atoms with van der Waals surface area (Å²) >= 11 is 0. The minimum Gasteiger partial charge on any atom is -0.378 e. The van der Waals surface area contributed by atoms with Gasteiger partial charge in [-0.3, -0.25) is 10.1 Å². The first-order valence-electron chi connectivity index (χ1n) is 5.89. The molecular weight excluding hydrogens is 218 g/mol. The van der Waals surface area contributed by atoms with E-state index in [0.717, 1.165) is 12.1 Å². The molecule has 0 atom stereocenters. The van der Waals surface area contributed by atoms with Crippen LogP contribution in [0.3, 0.4) is 0 Å². The molecule has 0 aromatic heterocycles. The average Bonchev–Trinajstić information content (AvgIpc) is 3.08. The van der Waals surface area contributed by atoms with Crippen molar-refractivity contribution >= 4 is 11.4 Å². The number of hydrogen-bond acceptors (Lipinski definition) is 4. The molecule has 0 bridgehead atoms. The highest BCUT2D eigenvalue weighted by molar-refractivity contribution is 5.62. The van der Waals surface area contributed by atoms with Gasteiger partial charge in [0.15, 0.2) is 0 Å². The predicted molar refractivity (Wildman–Crippen MR) is 67.3 cm³/mol. The quantitative estimate of drug-likeness (QED) is 0.450. The van der Waals surface area contributed by atoms with Crippen LogP contribution in [-0.2, 0) is 0 Å². The van der Waals surface area contributed by atoms with Crippen LogP contribution in [0.15, 0.2) is 18.2 Å². The maximum atomic E-state index is 10.8.